The SMILES string of the molecule is COc1ccc(C(=O)OC2CCC3C(=O)C(Oc4ccc(C(C)(C)C)cc4)=COC3C2)cc1. The number of carbonyl (C=O) groups is 2. The maximum absolute atomic E-state index is 13.0. The van der Waals surface area contributed by atoms with E-state index in [9.17, 15) is 9.59 Å². The fourth-order valence-electron chi connectivity index (χ4n) is 4.21. The van der Waals surface area contributed by atoms with E-state index in [0.717, 1.165) is 0 Å². The van der Waals surface area contributed by atoms with Crippen LogP contribution in [0.3, 0.4) is 0 Å². The summed E-state index contributed by atoms with van der Waals surface area (Å²) in [6, 6.07) is 14.6. The first-order valence-electron chi connectivity index (χ1n) is 11.3. The van der Waals surface area contributed by atoms with Crippen molar-refractivity contribution < 1.29 is 28.5 Å². The van der Waals surface area contributed by atoms with Gasteiger partial charge in [-0.05, 0) is 60.2 Å². The molecule has 2 aromatic rings. The van der Waals surface area contributed by atoms with Crippen LogP contribution in [0.25, 0.3) is 0 Å². The van der Waals surface area contributed by atoms with E-state index in [4.69, 9.17) is 18.9 Å². The number of rotatable bonds is 5. The summed E-state index contributed by atoms with van der Waals surface area (Å²) < 4.78 is 22.5. The number of hydrogen-bond acceptors (Lipinski definition) is 6. The van der Waals surface area contributed by atoms with E-state index < -0.39 is 0 Å². The molecule has 0 N–H and O–H groups in total. The van der Waals surface area contributed by atoms with Gasteiger partial charge in [0.2, 0.25) is 11.5 Å². The summed E-state index contributed by atoms with van der Waals surface area (Å²) >= 11 is 0. The maximum atomic E-state index is 13.0. The van der Waals surface area contributed by atoms with Crippen LogP contribution in [0, 0.1) is 5.92 Å². The second kappa shape index (κ2) is 9.30. The number of carbonyl (C=O) groups excluding carboxylic acids is 2. The van der Waals surface area contributed by atoms with E-state index in [0.29, 0.717) is 36.3 Å². The second-order valence-corrected chi connectivity index (χ2v) is 9.57. The predicted molar refractivity (Wildman–Crippen MR) is 123 cm³/mol. The van der Waals surface area contributed by atoms with Crippen LogP contribution in [0.1, 0.15) is 56.0 Å². The molecule has 174 valence electrons. The molecule has 0 spiro atoms. The number of ether oxygens (including phenoxy) is 4. The lowest BCUT2D eigenvalue weighted by Crippen LogP contribution is -2.43. The minimum absolute atomic E-state index is 0.0459. The lowest BCUT2D eigenvalue weighted by atomic mass is 9.80. The molecule has 0 amide bonds. The van der Waals surface area contributed by atoms with E-state index in [2.05, 4.69) is 20.8 Å². The third-order valence-electron chi connectivity index (χ3n) is 6.22. The van der Waals surface area contributed by atoms with Gasteiger partial charge in [-0.15, -0.1) is 0 Å². The van der Waals surface area contributed by atoms with Crippen LogP contribution in [0.4, 0.5) is 0 Å². The van der Waals surface area contributed by atoms with Crippen molar-refractivity contribution in [3.8, 4) is 11.5 Å². The molecule has 6 heteroatoms. The Labute approximate surface area is 194 Å². The van der Waals surface area contributed by atoms with E-state index in [1.165, 1.54) is 11.8 Å². The molecule has 3 atom stereocenters. The highest BCUT2D eigenvalue weighted by Gasteiger charge is 2.42. The van der Waals surface area contributed by atoms with Gasteiger partial charge in [-0.3, -0.25) is 4.79 Å². The normalized spacial score (nSPS) is 22.5. The average molecular weight is 451 g/mol. The van der Waals surface area contributed by atoms with Gasteiger partial charge in [0, 0.05) is 6.42 Å². The zero-order chi connectivity index (χ0) is 23.6. The van der Waals surface area contributed by atoms with Gasteiger partial charge in [-0.25, -0.2) is 4.79 Å². The van der Waals surface area contributed by atoms with Crippen LogP contribution in [-0.4, -0.2) is 31.1 Å². The number of Topliss-reactive ketones (excluding diaryl/α,β-unsaturated/α-hetero) is 1. The van der Waals surface area contributed by atoms with Crippen molar-refractivity contribution in [1.29, 1.82) is 0 Å². The van der Waals surface area contributed by atoms with E-state index in [1.54, 1.807) is 31.4 Å². The molecule has 2 aromatic carbocycles. The van der Waals surface area contributed by atoms with Crippen LogP contribution >= 0.6 is 0 Å². The molecular weight excluding hydrogens is 420 g/mol. The molecular formula is C27H30O6. The predicted octanol–water partition coefficient (Wildman–Crippen LogP) is 5.21. The Morgan fingerprint density at radius 1 is 0.970 bits per heavy atom. The fraction of sp³-hybridized carbons (Fsp3) is 0.407. The van der Waals surface area contributed by atoms with Gasteiger partial charge in [0.05, 0.1) is 18.6 Å². The van der Waals surface area contributed by atoms with Crippen LogP contribution in [0.2, 0.25) is 0 Å². The minimum atomic E-state index is -0.387. The number of hydrogen-bond donors (Lipinski definition) is 0. The minimum Gasteiger partial charge on any atom is -0.497 e. The summed E-state index contributed by atoms with van der Waals surface area (Å²) in [5, 5.41) is 0. The number of methoxy groups -OCH3 is 1. The van der Waals surface area contributed by atoms with Gasteiger partial charge in [0.15, 0.2) is 0 Å². The standard InChI is InChI=1S/C27H30O6/c1-27(2,3)18-7-11-20(12-8-18)32-24-16-31-23-15-21(13-14-22(23)25(24)28)33-26(29)17-5-9-19(30-4)10-6-17/h5-12,16,21-23H,13-15H2,1-4H3. The van der Waals surface area contributed by atoms with Crippen molar-refractivity contribution in [3.05, 3.63) is 71.7 Å². The Hall–Kier alpha value is -3.28. The molecule has 1 heterocycles. The monoisotopic (exact) mass is 450 g/mol. The van der Waals surface area contributed by atoms with Crippen molar-refractivity contribution in [3.63, 3.8) is 0 Å². The topological polar surface area (TPSA) is 71.1 Å². The van der Waals surface area contributed by atoms with Crippen molar-refractivity contribution in [2.45, 2.75) is 57.7 Å². The molecule has 1 saturated carbocycles. The molecule has 4 rings (SSSR count). The number of esters is 1. The first-order chi connectivity index (χ1) is 15.7. The maximum Gasteiger partial charge on any atom is 0.338 e. The Morgan fingerprint density at radius 2 is 1.64 bits per heavy atom. The molecule has 1 aliphatic carbocycles. The molecule has 1 aliphatic heterocycles. The van der Waals surface area contributed by atoms with Gasteiger partial charge < -0.3 is 18.9 Å². The summed E-state index contributed by atoms with van der Waals surface area (Å²) in [4.78, 5) is 25.5. The average Bonchev–Trinajstić information content (AvgIpc) is 2.81. The van der Waals surface area contributed by atoms with Crippen molar-refractivity contribution in [2.75, 3.05) is 7.11 Å². The summed E-state index contributed by atoms with van der Waals surface area (Å²) in [5.41, 5.74) is 1.70. The van der Waals surface area contributed by atoms with Crippen LogP contribution in [-0.2, 0) is 19.7 Å². The van der Waals surface area contributed by atoms with Crippen molar-refractivity contribution >= 4 is 11.8 Å². The Balaban J connectivity index is 1.36. The first-order valence-corrected chi connectivity index (χ1v) is 11.3. The van der Waals surface area contributed by atoms with Crippen LogP contribution < -0.4 is 9.47 Å². The molecule has 6 nitrogen and oxygen atoms in total. The third-order valence-corrected chi connectivity index (χ3v) is 6.22. The van der Waals surface area contributed by atoms with E-state index in [1.807, 2.05) is 24.3 Å². The van der Waals surface area contributed by atoms with Gasteiger partial charge in [0.25, 0.3) is 0 Å². The van der Waals surface area contributed by atoms with Crippen molar-refractivity contribution in [1.82, 2.24) is 0 Å². The Morgan fingerprint density at radius 3 is 2.27 bits per heavy atom. The van der Waals surface area contributed by atoms with Gasteiger partial charge in [-0.1, -0.05) is 32.9 Å². The first kappa shape index (κ1) is 22.9. The summed E-state index contributed by atoms with van der Waals surface area (Å²) in [7, 11) is 1.57. The molecule has 0 bridgehead atoms. The Kier molecular flexibility index (Phi) is 6.45. The van der Waals surface area contributed by atoms with E-state index >= 15 is 0 Å². The molecule has 0 radical (unpaired) electrons. The lowest BCUT2D eigenvalue weighted by molar-refractivity contribution is -0.132. The molecule has 1 fully saturated rings. The van der Waals surface area contributed by atoms with Gasteiger partial charge in [0.1, 0.15) is 30.0 Å². The summed E-state index contributed by atoms with van der Waals surface area (Å²) in [5.74, 6) is 0.749. The van der Waals surface area contributed by atoms with Gasteiger partial charge >= 0.3 is 5.97 Å². The zero-order valence-corrected chi connectivity index (χ0v) is 19.5. The number of benzene rings is 2. The highest BCUT2D eigenvalue weighted by molar-refractivity contribution is 5.96. The highest BCUT2D eigenvalue weighted by Crippen LogP contribution is 2.35. The fourth-order valence-corrected chi connectivity index (χ4v) is 4.21. The molecule has 33 heavy (non-hydrogen) atoms. The molecule has 2 aliphatic rings. The second-order valence-electron chi connectivity index (χ2n) is 9.57. The number of ketones is 1. The van der Waals surface area contributed by atoms with Crippen LogP contribution in [0.5, 0.6) is 11.5 Å². The quantitative estimate of drug-likeness (QED) is 0.583. The number of fused-ring (bicyclic) bond motifs is 1. The largest absolute Gasteiger partial charge is 0.497 e. The summed E-state index contributed by atoms with van der Waals surface area (Å²) in [6.45, 7) is 6.44. The van der Waals surface area contributed by atoms with Crippen molar-refractivity contribution in [2.24, 2.45) is 5.92 Å². The smallest absolute Gasteiger partial charge is 0.338 e. The number of allylic oxidation sites excluding steroid dienone is 1. The zero-order valence-electron chi connectivity index (χ0n) is 19.5. The highest BCUT2D eigenvalue weighted by atomic mass is 16.6. The lowest BCUT2D eigenvalue weighted by Gasteiger charge is -2.36. The third kappa shape index (κ3) is 5.21. The molecule has 0 aromatic heterocycles. The summed E-state index contributed by atoms with van der Waals surface area (Å²) in [6.07, 6.45) is 2.43. The molecule has 3 unspecified atom stereocenters. The van der Waals surface area contributed by atoms with Gasteiger partial charge in [-0.2, -0.15) is 0 Å². The molecule has 0 saturated heterocycles. The Bertz CT molecular complexity index is 1030. The van der Waals surface area contributed by atoms with Crippen LogP contribution in [0.15, 0.2) is 60.6 Å². The van der Waals surface area contributed by atoms with E-state index in [-0.39, 0.29) is 41.1 Å².